The molecule has 0 aliphatic rings. The smallest absolute Gasteiger partial charge is 0.223 e. The number of nitrogens with one attached hydrogen (secondary N) is 1. The lowest BCUT2D eigenvalue weighted by molar-refractivity contribution is 0.127. The van der Waals surface area contributed by atoms with Gasteiger partial charge in [0.05, 0.1) is 6.61 Å². The van der Waals surface area contributed by atoms with Gasteiger partial charge in [-0.2, -0.15) is 4.98 Å². The number of ether oxygens (including phenoxy) is 1. The maximum atomic E-state index is 5.29. The first kappa shape index (κ1) is 12.1. The minimum absolute atomic E-state index is 0.359. The van der Waals surface area contributed by atoms with E-state index in [1.165, 1.54) is 0 Å². The van der Waals surface area contributed by atoms with E-state index in [1.54, 1.807) is 6.92 Å². The molecule has 0 fully saturated rings. The predicted molar refractivity (Wildman–Crippen MR) is 56.7 cm³/mol. The molecule has 86 valence electrons. The molecule has 15 heavy (non-hydrogen) atoms. The van der Waals surface area contributed by atoms with Gasteiger partial charge in [-0.25, -0.2) is 0 Å². The Labute approximate surface area is 90.2 Å². The Hall–Kier alpha value is -0.940. The lowest BCUT2D eigenvalue weighted by Gasteiger charge is -2.12. The lowest BCUT2D eigenvalue weighted by Crippen LogP contribution is -2.32. The predicted octanol–water partition coefficient (Wildman–Crippen LogP) is 0.935. The third-order valence-electron chi connectivity index (χ3n) is 1.98. The Balaban J connectivity index is 2.10. The van der Waals surface area contributed by atoms with Crippen LogP contribution in [0, 0.1) is 6.92 Å². The first-order valence-electron chi connectivity index (χ1n) is 5.32. The zero-order chi connectivity index (χ0) is 11.1. The number of hydrogen-bond donors (Lipinski definition) is 1. The van der Waals surface area contributed by atoms with Crippen molar-refractivity contribution < 1.29 is 9.26 Å². The maximum absolute atomic E-state index is 5.29. The third kappa shape index (κ3) is 4.90. The molecule has 5 heteroatoms. The summed E-state index contributed by atoms with van der Waals surface area (Å²) in [5, 5.41) is 7.15. The van der Waals surface area contributed by atoms with Crippen LogP contribution < -0.4 is 5.32 Å². The van der Waals surface area contributed by atoms with Crippen LogP contribution in [0.2, 0.25) is 0 Å². The fourth-order valence-electron chi connectivity index (χ4n) is 1.23. The van der Waals surface area contributed by atoms with Crippen molar-refractivity contribution in [3.63, 3.8) is 0 Å². The highest BCUT2D eigenvalue weighted by molar-refractivity contribution is 4.84. The van der Waals surface area contributed by atoms with Crippen LogP contribution in [0.15, 0.2) is 4.52 Å². The van der Waals surface area contributed by atoms with Crippen LogP contribution in [0.5, 0.6) is 0 Å². The normalized spacial score (nSPS) is 13.0. The van der Waals surface area contributed by atoms with Crippen molar-refractivity contribution in [3.8, 4) is 0 Å². The van der Waals surface area contributed by atoms with Gasteiger partial charge >= 0.3 is 0 Å². The summed E-state index contributed by atoms with van der Waals surface area (Å²) in [6.45, 7) is 8.22. The molecular formula is C10H19N3O2. The monoisotopic (exact) mass is 213 g/mol. The number of rotatable bonds is 7. The fraction of sp³-hybridized carbons (Fsp3) is 0.800. The second kappa shape index (κ2) is 6.53. The summed E-state index contributed by atoms with van der Waals surface area (Å²) in [5.74, 6) is 1.37. The van der Waals surface area contributed by atoms with Gasteiger partial charge in [0.2, 0.25) is 5.89 Å². The van der Waals surface area contributed by atoms with Gasteiger partial charge in [-0.1, -0.05) is 5.16 Å². The van der Waals surface area contributed by atoms with Crippen molar-refractivity contribution in [3.05, 3.63) is 11.7 Å². The van der Waals surface area contributed by atoms with E-state index >= 15 is 0 Å². The Bertz CT molecular complexity index is 275. The summed E-state index contributed by atoms with van der Waals surface area (Å²) in [5.41, 5.74) is 0. The van der Waals surface area contributed by atoms with Gasteiger partial charge in [0.25, 0.3) is 0 Å². The summed E-state index contributed by atoms with van der Waals surface area (Å²) in [6.07, 6.45) is 0.786. The van der Waals surface area contributed by atoms with E-state index in [9.17, 15) is 0 Å². The standard InChI is InChI=1S/C10H19N3O2/c1-4-14-7-8(2)11-6-5-10-12-9(3)15-13-10/h8,11H,4-7H2,1-3H3. The average molecular weight is 213 g/mol. The van der Waals surface area contributed by atoms with Gasteiger partial charge in [0, 0.05) is 32.5 Å². The van der Waals surface area contributed by atoms with E-state index in [1.807, 2.05) is 6.92 Å². The molecule has 0 radical (unpaired) electrons. The van der Waals surface area contributed by atoms with Crippen molar-refractivity contribution in [2.24, 2.45) is 0 Å². The molecule has 0 saturated carbocycles. The highest BCUT2D eigenvalue weighted by Crippen LogP contribution is 1.95. The first-order valence-corrected chi connectivity index (χ1v) is 5.32. The molecule has 0 aliphatic carbocycles. The minimum Gasteiger partial charge on any atom is -0.380 e. The summed E-state index contributed by atoms with van der Waals surface area (Å²) >= 11 is 0. The van der Waals surface area contributed by atoms with E-state index in [2.05, 4.69) is 22.4 Å². The molecule has 1 rings (SSSR count). The number of nitrogens with zero attached hydrogens (tertiary/aromatic N) is 2. The molecular weight excluding hydrogens is 194 g/mol. The molecule has 0 saturated heterocycles. The van der Waals surface area contributed by atoms with Crippen molar-refractivity contribution >= 4 is 0 Å². The second-order valence-electron chi connectivity index (χ2n) is 3.49. The van der Waals surface area contributed by atoms with E-state index in [0.717, 1.165) is 32.0 Å². The topological polar surface area (TPSA) is 60.2 Å². The van der Waals surface area contributed by atoms with Gasteiger partial charge in [0.1, 0.15) is 0 Å². The zero-order valence-electron chi connectivity index (χ0n) is 9.62. The van der Waals surface area contributed by atoms with Crippen LogP contribution in [0.3, 0.4) is 0 Å². The van der Waals surface area contributed by atoms with Gasteiger partial charge in [-0.15, -0.1) is 0 Å². The van der Waals surface area contributed by atoms with Crippen molar-refractivity contribution in [1.29, 1.82) is 0 Å². The summed E-state index contributed by atoms with van der Waals surface area (Å²) in [4.78, 5) is 4.12. The average Bonchev–Trinajstić information content (AvgIpc) is 2.61. The Kier molecular flexibility index (Phi) is 5.28. The van der Waals surface area contributed by atoms with Crippen molar-refractivity contribution in [2.75, 3.05) is 19.8 Å². The molecule has 0 aliphatic heterocycles. The highest BCUT2D eigenvalue weighted by Gasteiger charge is 2.04. The number of aryl methyl sites for hydroxylation is 1. The molecule has 1 aromatic rings. The molecule has 5 nitrogen and oxygen atoms in total. The minimum atomic E-state index is 0.359. The van der Waals surface area contributed by atoms with Gasteiger partial charge < -0.3 is 14.6 Å². The molecule has 1 heterocycles. The van der Waals surface area contributed by atoms with Crippen LogP contribution in [-0.4, -0.2) is 35.9 Å². The van der Waals surface area contributed by atoms with E-state index in [0.29, 0.717) is 11.9 Å². The molecule has 1 N–H and O–H groups in total. The Morgan fingerprint density at radius 2 is 2.33 bits per heavy atom. The quantitative estimate of drug-likeness (QED) is 0.730. The number of aromatic nitrogens is 2. The zero-order valence-corrected chi connectivity index (χ0v) is 9.62. The molecule has 1 unspecified atom stereocenters. The van der Waals surface area contributed by atoms with Crippen LogP contribution in [0.1, 0.15) is 25.6 Å². The Morgan fingerprint density at radius 1 is 1.53 bits per heavy atom. The van der Waals surface area contributed by atoms with Gasteiger partial charge in [0.15, 0.2) is 5.82 Å². The SMILES string of the molecule is CCOCC(C)NCCc1noc(C)n1. The fourth-order valence-corrected chi connectivity index (χ4v) is 1.23. The summed E-state index contributed by atoms with van der Waals surface area (Å²) in [7, 11) is 0. The van der Waals surface area contributed by atoms with Gasteiger partial charge in [-0.05, 0) is 13.8 Å². The largest absolute Gasteiger partial charge is 0.380 e. The molecule has 1 atom stereocenters. The van der Waals surface area contributed by atoms with E-state index in [4.69, 9.17) is 9.26 Å². The Morgan fingerprint density at radius 3 is 2.93 bits per heavy atom. The molecule has 0 bridgehead atoms. The summed E-state index contributed by atoms with van der Waals surface area (Å²) < 4.78 is 10.2. The van der Waals surface area contributed by atoms with E-state index < -0.39 is 0 Å². The van der Waals surface area contributed by atoms with Crippen molar-refractivity contribution in [2.45, 2.75) is 33.2 Å². The molecule has 1 aromatic heterocycles. The van der Waals surface area contributed by atoms with E-state index in [-0.39, 0.29) is 0 Å². The van der Waals surface area contributed by atoms with Crippen LogP contribution in [0.4, 0.5) is 0 Å². The first-order chi connectivity index (χ1) is 7.22. The second-order valence-corrected chi connectivity index (χ2v) is 3.49. The molecule has 0 aromatic carbocycles. The third-order valence-corrected chi connectivity index (χ3v) is 1.98. The van der Waals surface area contributed by atoms with Crippen molar-refractivity contribution in [1.82, 2.24) is 15.5 Å². The molecule has 0 spiro atoms. The van der Waals surface area contributed by atoms with Crippen LogP contribution >= 0.6 is 0 Å². The maximum Gasteiger partial charge on any atom is 0.223 e. The number of hydrogen-bond acceptors (Lipinski definition) is 5. The van der Waals surface area contributed by atoms with Gasteiger partial charge in [-0.3, -0.25) is 0 Å². The van der Waals surface area contributed by atoms with Crippen LogP contribution in [0.25, 0.3) is 0 Å². The van der Waals surface area contributed by atoms with Crippen LogP contribution in [-0.2, 0) is 11.2 Å². The molecule has 0 amide bonds. The summed E-state index contributed by atoms with van der Waals surface area (Å²) in [6, 6.07) is 0.359. The highest BCUT2D eigenvalue weighted by atomic mass is 16.5. The lowest BCUT2D eigenvalue weighted by atomic mass is 10.3.